The summed E-state index contributed by atoms with van der Waals surface area (Å²) in [6.45, 7) is 4.35. The smallest absolute Gasteiger partial charge is 0.172 e. The summed E-state index contributed by atoms with van der Waals surface area (Å²) in [7, 11) is 0. The molecule has 4 nitrogen and oxygen atoms in total. The molecule has 0 bridgehead atoms. The molecule has 1 saturated heterocycles. The molecule has 1 aromatic carbocycles. The highest BCUT2D eigenvalue weighted by Crippen LogP contribution is 2.27. The van der Waals surface area contributed by atoms with E-state index in [1.807, 2.05) is 24.3 Å². The second-order valence-electron chi connectivity index (χ2n) is 4.86. The van der Waals surface area contributed by atoms with E-state index in [4.69, 9.17) is 10.9 Å². The monoisotopic (exact) mass is 247 g/mol. The molecule has 0 radical (unpaired) electrons. The molecule has 0 aromatic heterocycles. The summed E-state index contributed by atoms with van der Waals surface area (Å²) in [6.07, 6.45) is 3.73. The van der Waals surface area contributed by atoms with E-state index in [0.29, 0.717) is 0 Å². The number of amidine groups is 1. The van der Waals surface area contributed by atoms with Crippen LogP contribution in [0.4, 0.5) is 5.69 Å². The highest BCUT2D eigenvalue weighted by Gasteiger charge is 2.21. The third-order valence-electron chi connectivity index (χ3n) is 3.72. The number of nitrogens with two attached hydrogens (primary N) is 1. The maximum absolute atomic E-state index is 8.85. The first kappa shape index (κ1) is 12.7. The molecule has 18 heavy (non-hydrogen) atoms. The van der Waals surface area contributed by atoms with Crippen LogP contribution in [0.2, 0.25) is 0 Å². The average Bonchev–Trinajstić information content (AvgIpc) is 2.46. The fraction of sp³-hybridized carbons (Fsp3) is 0.500. The van der Waals surface area contributed by atoms with Crippen molar-refractivity contribution in [2.45, 2.75) is 26.2 Å². The van der Waals surface area contributed by atoms with Crippen LogP contribution in [-0.2, 0) is 0 Å². The van der Waals surface area contributed by atoms with Gasteiger partial charge in [0.2, 0.25) is 0 Å². The Morgan fingerprint density at radius 2 is 2.28 bits per heavy atom. The van der Waals surface area contributed by atoms with E-state index in [2.05, 4.69) is 17.0 Å². The number of hydrogen-bond donors (Lipinski definition) is 2. The number of benzene rings is 1. The standard InChI is InChI=1S/C14H21N3O/c1-2-11-6-5-9-17(10-11)13-8-4-3-7-12(13)14(15)16-18/h3-4,7-8,11,18H,2,5-6,9-10H2,1H3,(H2,15,16). The van der Waals surface area contributed by atoms with Gasteiger partial charge in [0, 0.05) is 24.3 Å². The van der Waals surface area contributed by atoms with Gasteiger partial charge in [-0.2, -0.15) is 0 Å². The van der Waals surface area contributed by atoms with E-state index in [0.717, 1.165) is 30.3 Å². The van der Waals surface area contributed by atoms with Crippen LogP contribution in [0.1, 0.15) is 31.7 Å². The number of piperidine rings is 1. The first-order valence-corrected chi connectivity index (χ1v) is 6.58. The van der Waals surface area contributed by atoms with Crippen LogP contribution in [0.25, 0.3) is 0 Å². The molecule has 0 aliphatic carbocycles. The molecule has 1 heterocycles. The SMILES string of the molecule is CCC1CCCN(c2ccccc2/C(N)=N/O)C1. The first-order valence-electron chi connectivity index (χ1n) is 6.58. The first-order chi connectivity index (χ1) is 8.76. The van der Waals surface area contributed by atoms with Gasteiger partial charge >= 0.3 is 0 Å². The van der Waals surface area contributed by atoms with E-state index < -0.39 is 0 Å². The van der Waals surface area contributed by atoms with Crippen molar-refractivity contribution in [3.63, 3.8) is 0 Å². The molecule has 1 atom stereocenters. The number of oxime groups is 1. The minimum atomic E-state index is 0.184. The molecule has 2 rings (SSSR count). The van der Waals surface area contributed by atoms with Gasteiger partial charge in [-0.1, -0.05) is 30.6 Å². The van der Waals surface area contributed by atoms with Gasteiger partial charge in [0.1, 0.15) is 0 Å². The Morgan fingerprint density at radius 3 is 3.00 bits per heavy atom. The van der Waals surface area contributed by atoms with Gasteiger partial charge in [-0.3, -0.25) is 0 Å². The van der Waals surface area contributed by atoms with Gasteiger partial charge in [0.15, 0.2) is 5.84 Å². The van der Waals surface area contributed by atoms with Crippen LogP contribution in [0.15, 0.2) is 29.4 Å². The van der Waals surface area contributed by atoms with Gasteiger partial charge in [-0.25, -0.2) is 0 Å². The summed E-state index contributed by atoms with van der Waals surface area (Å²) >= 11 is 0. The molecule has 1 aromatic rings. The zero-order chi connectivity index (χ0) is 13.0. The van der Waals surface area contributed by atoms with Gasteiger partial charge in [-0.15, -0.1) is 0 Å². The fourth-order valence-electron chi connectivity index (χ4n) is 2.64. The van der Waals surface area contributed by atoms with Crippen molar-refractivity contribution in [1.29, 1.82) is 0 Å². The summed E-state index contributed by atoms with van der Waals surface area (Å²) < 4.78 is 0. The van der Waals surface area contributed by atoms with Crippen molar-refractivity contribution in [2.75, 3.05) is 18.0 Å². The number of anilines is 1. The second-order valence-corrected chi connectivity index (χ2v) is 4.86. The predicted molar refractivity (Wildman–Crippen MR) is 74.2 cm³/mol. The van der Waals surface area contributed by atoms with Crippen molar-refractivity contribution in [3.05, 3.63) is 29.8 Å². The number of para-hydroxylation sites is 1. The maximum atomic E-state index is 8.85. The molecule has 1 aliphatic heterocycles. The average molecular weight is 247 g/mol. The molecule has 0 saturated carbocycles. The van der Waals surface area contributed by atoms with Crippen molar-refractivity contribution in [3.8, 4) is 0 Å². The number of nitrogens with zero attached hydrogens (tertiary/aromatic N) is 2. The summed E-state index contributed by atoms with van der Waals surface area (Å²) in [5.41, 5.74) is 7.63. The molecule has 98 valence electrons. The van der Waals surface area contributed by atoms with Crippen molar-refractivity contribution >= 4 is 11.5 Å². The molecule has 0 amide bonds. The summed E-state index contributed by atoms with van der Waals surface area (Å²) in [5, 5.41) is 12.0. The summed E-state index contributed by atoms with van der Waals surface area (Å²) in [5.74, 6) is 0.934. The lowest BCUT2D eigenvalue weighted by Crippen LogP contribution is -2.36. The van der Waals surface area contributed by atoms with E-state index in [-0.39, 0.29) is 5.84 Å². The highest BCUT2D eigenvalue weighted by molar-refractivity contribution is 6.02. The van der Waals surface area contributed by atoms with E-state index in [1.165, 1.54) is 19.3 Å². The lowest BCUT2D eigenvalue weighted by molar-refractivity contribution is 0.318. The zero-order valence-electron chi connectivity index (χ0n) is 10.8. The summed E-state index contributed by atoms with van der Waals surface area (Å²) in [4.78, 5) is 2.35. The van der Waals surface area contributed by atoms with Gasteiger partial charge in [0.25, 0.3) is 0 Å². The Labute approximate surface area is 108 Å². The van der Waals surface area contributed by atoms with Crippen LogP contribution in [0.5, 0.6) is 0 Å². The molecule has 1 unspecified atom stereocenters. The van der Waals surface area contributed by atoms with E-state index in [1.54, 1.807) is 0 Å². The Hall–Kier alpha value is -1.71. The third kappa shape index (κ3) is 2.58. The topological polar surface area (TPSA) is 61.8 Å². The highest BCUT2D eigenvalue weighted by atomic mass is 16.4. The minimum Gasteiger partial charge on any atom is -0.409 e. The quantitative estimate of drug-likeness (QED) is 0.373. The molecule has 1 aliphatic rings. The molecule has 4 heteroatoms. The van der Waals surface area contributed by atoms with Gasteiger partial charge in [0.05, 0.1) is 0 Å². The Bertz CT molecular complexity index is 431. The van der Waals surface area contributed by atoms with Crippen molar-refractivity contribution in [2.24, 2.45) is 16.8 Å². The van der Waals surface area contributed by atoms with Crippen LogP contribution >= 0.6 is 0 Å². The zero-order valence-corrected chi connectivity index (χ0v) is 10.8. The Kier molecular flexibility index (Phi) is 4.07. The maximum Gasteiger partial charge on any atom is 0.172 e. The van der Waals surface area contributed by atoms with Crippen molar-refractivity contribution in [1.82, 2.24) is 0 Å². The minimum absolute atomic E-state index is 0.184. The largest absolute Gasteiger partial charge is 0.409 e. The number of hydrogen-bond acceptors (Lipinski definition) is 3. The second kappa shape index (κ2) is 5.76. The molecule has 3 N–H and O–H groups in total. The predicted octanol–water partition coefficient (Wildman–Crippen LogP) is 2.41. The third-order valence-corrected chi connectivity index (χ3v) is 3.72. The lowest BCUT2D eigenvalue weighted by atomic mass is 9.94. The molecular weight excluding hydrogens is 226 g/mol. The fourth-order valence-corrected chi connectivity index (χ4v) is 2.64. The Morgan fingerprint density at radius 1 is 1.50 bits per heavy atom. The van der Waals surface area contributed by atoms with Crippen LogP contribution in [0, 0.1) is 5.92 Å². The van der Waals surface area contributed by atoms with Crippen LogP contribution in [0.3, 0.4) is 0 Å². The number of rotatable bonds is 3. The molecular formula is C14H21N3O. The van der Waals surface area contributed by atoms with Gasteiger partial charge < -0.3 is 15.8 Å². The lowest BCUT2D eigenvalue weighted by Gasteiger charge is -2.35. The van der Waals surface area contributed by atoms with E-state index in [9.17, 15) is 0 Å². The van der Waals surface area contributed by atoms with Crippen LogP contribution in [-0.4, -0.2) is 24.1 Å². The summed E-state index contributed by atoms with van der Waals surface area (Å²) in [6, 6.07) is 7.86. The molecule has 0 spiro atoms. The molecule has 1 fully saturated rings. The normalized spacial score (nSPS) is 21.1. The van der Waals surface area contributed by atoms with E-state index >= 15 is 0 Å². The van der Waals surface area contributed by atoms with Crippen molar-refractivity contribution < 1.29 is 5.21 Å². The van der Waals surface area contributed by atoms with Gasteiger partial charge in [-0.05, 0) is 30.9 Å². The Balaban J connectivity index is 2.27. The van der Waals surface area contributed by atoms with Crippen LogP contribution < -0.4 is 10.6 Å².